The van der Waals surface area contributed by atoms with Crippen LogP contribution in [0.5, 0.6) is 0 Å². The third kappa shape index (κ3) is 2.68. The Morgan fingerprint density at radius 2 is 1.50 bits per heavy atom. The van der Waals surface area contributed by atoms with Gasteiger partial charge in [-0.15, -0.1) is 0 Å². The first-order valence-electron chi connectivity index (χ1n) is 6.19. The van der Waals surface area contributed by atoms with E-state index in [1.54, 1.807) is 12.1 Å². The molecular formula is C18H10FI. The number of benzene rings is 3. The van der Waals surface area contributed by atoms with Gasteiger partial charge in [0.05, 0.1) is 0 Å². The highest BCUT2D eigenvalue weighted by atomic mass is 127. The molecule has 0 fully saturated rings. The monoisotopic (exact) mass is 372 g/mol. The topological polar surface area (TPSA) is 0 Å². The van der Waals surface area contributed by atoms with Crippen LogP contribution in [0.1, 0.15) is 11.1 Å². The van der Waals surface area contributed by atoms with E-state index in [-0.39, 0.29) is 5.82 Å². The number of halogens is 2. The van der Waals surface area contributed by atoms with Gasteiger partial charge in [-0.3, -0.25) is 0 Å². The Labute approximate surface area is 130 Å². The van der Waals surface area contributed by atoms with E-state index < -0.39 is 0 Å². The summed E-state index contributed by atoms with van der Waals surface area (Å²) in [5, 5.41) is 2.35. The fourth-order valence-corrected chi connectivity index (χ4v) is 2.88. The van der Waals surface area contributed by atoms with Crippen molar-refractivity contribution < 1.29 is 4.39 Å². The Morgan fingerprint density at radius 3 is 2.25 bits per heavy atom. The smallest absolute Gasteiger partial charge is 0.123 e. The lowest BCUT2D eigenvalue weighted by Crippen LogP contribution is -1.84. The zero-order chi connectivity index (χ0) is 13.9. The van der Waals surface area contributed by atoms with Crippen LogP contribution < -0.4 is 0 Å². The van der Waals surface area contributed by atoms with Crippen LogP contribution in [0.2, 0.25) is 0 Å². The fourth-order valence-electron chi connectivity index (χ4n) is 2.07. The van der Waals surface area contributed by atoms with E-state index in [2.05, 4.69) is 52.6 Å². The van der Waals surface area contributed by atoms with Crippen molar-refractivity contribution in [1.29, 1.82) is 0 Å². The molecule has 2 heteroatoms. The van der Waals surface area contributed by atoms with E-state index in [0.717, 1.165) is 11.1 Å². The largest absolute Gasteiger partial charge is 0.207 e. The van der Waals surface area contributed by atoms with Crippen molar-refractivity contribution in [3.63, 3.8) is 0 Å². The Bertz CT molecular complexity index is 818. The molecule has 0 spiro atoms. The summed E-state index contributed by atoms with van der Waals surface area (Å²) in [6, 6.07) is 18.5. The molecule has 3 rings (SSSR count). The van der Waals surface area contributed by atoms with Crippen LogP contribution in [0.15, 0.2) is 60.7 Å². The molecule has 96 valence electrons. The van der Waals surface area contributed by atoms with Crippen LogP contribution in [0.25, 0.3) is 10.8 Å². The second-order valence-electron chi connectivity index (χ2n) is 4.40. The predicted molar refractivity (Wildman–Crippen MR) is 89.0 cm³/mol. The second kappa shape index (κ2) is 5.64. The first-order chi connectivity index (χ1) is 9.74. The van der Waals surface area contributed by atoms with Crippen LogP contribution in [-0.2, 0) is 0 Å². The molecule has 20 heavy (non-hydrogen) atoms. The van der Waals surface area contributed by atoms with E-state index >= 15 is 0 Å². The van der Waals surface area contributed by atoms with E-state index in [9.17, 15) is 4.39 Å². The van der Waals surface area contributed by atoms with Crippen LogP contribution in [0, 0.1) is 21.2 Å². The molecule has 0 radical (unpaired) electrons. The molecule has 0 aliphatic rings. The maximum Gasteiger partial charge on any atom is 0.123 e. The van der Waals surface area contributed by atoms with Crippen LogP contribution >= 0.6 is 22.6 Å². The van der Waals surface area contributed by atoms with Gasteiger partial charge in [-0.2, -0.15) is 0 Å². The van der Waals surface area contributed by atoms with Gasteiger partial charge in [0.15, 0.2) is 0 Å². The second-order valence-corrected chi connectivity index (χ2v) is 5.56. The van der Waals surface area contributed by atoms with Crippen molar-refractivity contribution in [3.8, 4) is 11.8 Å². The minimum atomic E-state index is -0.241. The molecule has 3 aromatic carbocycles. The molecule has 0 aromatic heterocycles. The molecule has 0 amide bonds. The quantitative estimate of drug-likeness (QED) is 0.386. The standard InChI is InChI=1S/C18H10FI/c19-16-11-8-13(9-12-16)7-10-15-4-1-3-14-5-2-6-17(20)18(14)15/h1-6,8-9,11-12H. The van der Waals surface area contributed by atoms with Gasteiger partial charge in [-0.25, -0.2) is 4.39 Å². The number of hydrogen-bond acceptors (Lipinski definition) is 0. The first kappa shape index (κ1) is 13.1. The molecule has 0 bridgehead atoms. The third-order valence-electron chi connectivity index (χ3n) is 3.04. The maximum absolute atomic E-state index is 12.9. The molecule has 0 saturated carbocycles. The lowest BCUT2D eigenvalue weighted by atomic mass is 10.0. The van der Waals surface area contributed by atoms with Crippen LogP contribution in [0.3, 0.4) is 0 Å². The molecule has 0 nitrogen and oxygen atoms in total. The van der Waals surface area contributed by atoms with Gasteiger partial charge in [-0.1, -0.05) is 36.1 Å². The van der Waals surface area contributed by atoms with E-state index in [0.29, 0.717) is 0 Å². The van der Waals surface area contributed by atoms with Gasteiger partial charge in [0, 0.05) is 20.1 Å². The number of rotatable bonds is 0. The minimum Gasteiger partial charge on any atom is -0.207 e. The van der Waals surface area contributed by atoms with Crippen molar-refractivity contribution in [2.45, 2.75) is 0 Å². The maximum atomic E-state index is 12.9. The molecular weight excluding hydrogens is 362 g/mol. The molecule has 0 N–H and O–H groups in total. The Kier molecular flexibility index (Phi) is 3.70. The van der Waals surface area contributed by atoms with Crippen LogP contribution in [0.4, 0.5) is 4.39 Å². The number of fused-ring (bicyclic) bond motifs is 1. The molecule has 0 atom stereocenters. The lowest BCUT2D eigenvalue weighted by Gasteiger charge is -2.02. The molecule has 0 heterocycles. The van der Waals surface area contributed by atoms with Crippen LogP contribution in [-0.4, -0.2) is 0 Å². The average molecular weight is 372 g/mol. The highest BCUT2D eigenvalue weighted by molar-refractivity contribution is 14.1. The first-order valence-corrected chi connectivity index (χ1v) is 7.27. The lowest BCUT2D eigenvalue weighted by molar-refractivity contribution is 0.627. The van der Waals surface area contributed by atoms with Gasteiger partial charge in [0.25, 0.3) is 0 Å². The zero-order valence-corrected chi connectivity index (χ0v) is 12.7. The fraction of sp³-hybridized carbons (Fsp3) is 0. The molecule has 0 aliphatic carbocycles. The van der Waals surface area contributed by atoms with Crippen molar-refractivity contribution in [3.05, 3.63) is 81.2 Å². The van der Waals surface area contributed by atoms with Gasteiger partial charge in [-0.05, 0) is 64.4 Å². The summed E-state index contributed by atoms with van der Waals surface area (Å²) < 4.78 is 14.0. The SMILES string of the molecule is Fc1ccc(C#Cc2cccc3cccc(I)c23)cc1. The Morgan fingerprint density at radius 1 is 0.800 bits per heavy atom. The highest BCUT2D eigenvalue weighted by Crippen LogP contribution is 2.23. The summed E-state index contributed by atoms with van der Waals surface area (Å²) >= 11 is 2.33. The van der Waals surface area contributed by atoms with E-state index in [1.165, 1.54) is 26.5 Å². The summed E-state index contributed by atoms with van der Waals surface area (Å²) in [5.74, 6) is 6.03. The zero-order valence-electron chi connectivity index (χ0n) is 10.5. The van der Waals surface area contributed by atoms with E-state index in [4.69, 9.17) is 0 Å². The summed E-state index contributed by atoms with van der Waals surface area (Å²) in [5.41, 5.74) is 1.81. The predicted octanol–water partition coefficient (Wildman–Crippen LogP) is 4.98. The van der Waals surface area contributed by atoms with Crippen molar-refractivity contribution >= 4 is 33.4 Å². The summed E-state index contributed by atoms with van der Waals surface area (Å²) in [7, 11) is 0. The number of hydrogen-bond donors (Lipinski definition) is 0. The third-order valence-corrected chi connectivity index (χ3v) is 3.94. The summed E-state index contributed by atoms with van der Waals surface area (Å²) in [4.78, 5) is 0. The average Bonchev–Trinajstić information content (AvgIpc) is 2.47. The summed E-state index contributed by atoms with van der Waals surface area (Å²) in [6.07, 6.45) is 0. The molecule has 0 saturated heterocycles. The molecule has 3 aromatic rings. The van der Waals surface area contributed by atoms with Gasteiger partial charge in [0.2, 0.25) is 0 Å². The highest BCUT2D eigenvalue weighted by Gasteiger charge is 2.01. The molecule has 0 unspecified atom stereocenters. The normalized spacial score (nSPS) is 10.1. The van der Waals surface area contributed by atoms with Crippen molar-refractivity contribution in [2.75, 3.05) is 0 Å². The van der Waals surface area contributed by atoms with Gasteiger partial charge >= 0.3 is 0 Å². The van der Waals surface area contributed by atoms with Gasteiger partial charge in [0.1, 0.15) is 5.82 Å². The van der Waals surface area contributed by atoms with Crippen molar-refractivity contribution in [2.24, 2.45) is 0 Å². The molecule has 0 aliphatic heterocycles. The van der Waals surface area contributed by atoms with Gasteiger partial charge < -0.3 is 0 Å². The minimum absolute atomic E-state index is 0.241. The Hall–Kier alpha value is -1.86. The van der Waals surface area contributed by atoms with Crippen molar-refractivity contribution in [1.82, 2.24) is 0 Å². The van der Waals surface area contributed by atoms with E-state index in [1.807, 2.05) is 18.2 Å². The Balaban J connectivity index is 2.10. The summed E-state index contributed by atoms with van der Waals surface area (Å²) in [6.45, 7) is 0.